The molecule has 1 atom stereocenters. The maximum Gasteiger partial charge on any atom is 0.228 e. The van der Waals surface area contributed by atoms with Crippen LogP contribution in [0.25, 0.3) is 0 Å². The number of hydrogen-bond donors (Lipinski definition) is 1. The van der Waals surface area contributed by atoms with Crippen LogP contribution >= 0.6 is 35.1 Å². The van der Waals surface area contributed by atoms with Crippen LogP contribution < -0.4 is 5.32 Å². The zero-order valence-corrected chi connectivity index (χ0v) is 16.9. The van der Waals surface area contributed by atoms with Crippen LogP contribution in [0.2, 0.25) is 0 Å². The molecule has 1 unspecified atom stereocenters. The summed E-state index contributed by atoms with van der Waals surface area (Å²) in [5.41, 5.74) is 1.66. The number of halogens is 1. The van der Waals surface area contributed by atoms with E-state index in [1.807, 2.05) is 0 Å². The van der Waals surface area contributed by atoms with Crippen molar-refractivity contribution in [1.82, 2.24) is 10.2 Å². The first kappa shape index (κ1) is 18.9. The Morgan fingerprint density at radius 2 is 2.12 bits per heavy atom. The molecule has 3 heterocycles. The van der Waals surface area contributed by atoms with Crippen molar-refractivity contribution in [3.05, 3.63) is 44.3 Å². The third-order valence-corrected chi connectivity index (χ3v) is 7.23. The molecule has 2 fully saturated rings. The maximum atomic E-state index is 13.1. The highest BCUT2D eigenvalue weighted by Gasteiger charge is 2.57. The van der Waals surface area contributed by atoms with Crippen molar-refractivity contribution in [1.29, 1.82) is 0 Å². The number of aryl methyl sites for hydroxylation is 1. The summed E-state index contributed by atoms with van der Waals surface area (Å²) in [6, 6.07) is 6.81. The zero-order valence-electron chi connectivity index (χ0n) is 14.5. The molecule has 1 saturated heterocycles. The SMILES string of the molecule is Cc1ccc(CC(=O)N(Cc2ccsc2)C2CC23CCNCC3)s1.Cl. The monoisotopic (exact) mass is 396 g/mol. The third kappa shape index (κ3) is 4.11. The van der Waals surface area contributed by atoms with Crippen LogP contribution in [0, 0.1) is 12.3 Å². The lowest BCUT2D eigenvalue weighted by atomic mass is 9.93. The molecule has 0 radical (unpaired) electrons. The van der Waals surface area contributed by atoms with Gasteiger partial charge in [-0.15, -0.1) is 23.7 Å². The zero-order chi connectivity index (χ0) is 16.6. The number of thiophene rings is 2. The van der Waals surface area contributed by atoms with Gasteiger partial charge in [-0.25, -0.2) is 0 Å². The molecule has 1 aliphatic heterocycles. The maximum absolute atomic E-state index is 13.1. The van der Waals surface area contributed by atoms with Gasteiger partial charge in [-0.2, -0.15) is 11.3 Å². The van der Waals surface area contributed by atoms with Gasteiger partial charge >= 0.3 is 0 Å². The number of amides is 1. The van der Waals surface area contributed by atoms with E-state index in [1.54, 1.807) is 22.7 Å². The molecule has 25 heavy (non-hydrogen) atoms. The second kappa shape index (κ2) is 7.78. The van der Waals surface area contributed by atoms with Gasteiger partial charge in [0.15, 0.2) is 0 Å². The Morgan fingerprint density at radius 3 is 2.76 bits per heavy atom. The topological polar surface area (TPSA) is 32.3 Å². The van der Waals surface area contributed by atoms with Crippen LogP contribution in [0.1, 0.15) is 34.6 Å². The lowest BCUT2D eigenvalue weighted by Gasteiger charge is -2.29. The summed E-state index contributed by atoms with van der Waals surface area (Å²) >= 11 is 3.46. The number of hydrogen-bond acceptors (Lipinski definition) is 4. The number of piperidine rings is 1. The summed E-state index contributed by atoms with van der Waals surface area (Å²) in [6.45, 7) is 5.07. The molecule has 1 spiro atoms. The standard InChI is InChI=1S/C19H24N2OS2.ClH/c1-14-2-3-16(24-14)10-18(22)21(12-15-4-9-23-13-15)17-11-19(17)5-7-20-8-6-19;/h2-4,9,13,17,20H,5-8,10-12H2,1H3;1H. The van der Waals surface area contributed by atoms with Crippen LogP contribution in [0.4, 0.5) is 0 Å². The molecule has 3 nitrogen and oxygen atoms in total. The smallest absolute Gasteiger partial charge is 0.228 e. The van der Waals surface area contributed by atoms with E-state index < -0.39 is 0 Å². The molecular weight excluding hydrogens is 372 g/mol. The molecule has 2 aliphatic rings. The highest BCUT2D eigenvalue weighted by Crippen LogP contribution is 2.56. The number of nitrogens with zero attached hydrogens (tertiary/aromatic N) is 1. The van der Waals surface area contributed by atoms with Crippen molar-refractivity contribution in [3.63, 3.8) is 0 Å². The van der Waals surface area contributed by atoms with E-state index >= 15 is 0 Å². The van der Waals surface area contributed by atoms with Crippen molar-refractivity contribution in [2.45, 2.75) is 45.2 Å². The summed E-state index contributed by atoms with van der Waals surface area (Å²) in [5, 5.41) is 7.74. The van der Waals surface area contributed by atoms with Gasteiger partial charge in [0.05, 0.1) is 6.42 Å². The fraction of sp³-hybridized carbons (Fsp3) is 0.526. The first-order valence-corrected chi connectivity index (χ1v) is 10.5. The van der Waals surface area contributed by atoms with Crippen molar-refractivity contribution < 1.29 is 4.79 Å². The molecule has 4 rings (SSSR count). The molecule has 1 amide bonds. The Kier molecular flexibility index (Phi) is 5.88. The molecule has 136 valence electrons. The minimum absolute atomic E-state index is 0. The van der Waals surface area contributed by atoms with E-state index in [1.165, 1.54) is 34.6 Å². The summed E-state index contributed by atoms with van der Waals surface area (Å²) < 4.78 is 0. The van der Waals surface area contributed by atoms with Gasteiger partial charge < -0.3 is 10.2 Å². The fourth-order valence-electron chi connectivity index (χ4n) is 4.01. The van der Waals surface area contributed by atoms with Gasteiger partial charge in [0.2, 0.25) is 5.91 Å². The van der Waals surface area contributed by atoms with Gasteiger partial charge in [-0.3, -0.25) is 4.79 Å². The van der Waals surface area contributed by atoms with Crippen LogP contribution in [0.3, 0.4) is 0 Å². The van der Waals surface area contributed by atoms with Crippen LogP contribution in [-0.2, 0) is 17.8 Å². The van der Waals surface area contributed by atoms with Crippen molar-refractivity contribution in [3.8, 4) is 0 Å². The van der Waals surface area contributed by atoms with Crippen molar-refractivity contribution in [2.75, 3.05) is 13.1 Å². The van der Waals surface area contributed by atoms with Crippen molar-refractivity contribution >= 4 is 41.0 Å². The van der Waals surface area contributed by atoms with E-state index in [9.17, 15) is 4.79 Å². The number of carbonyl (C=O) groups is 1. The quantitative estimate of drug-likeness (QED) is 0.819. The van der Waals surface area contributed by atoms with E-state index in [-0.39, 0.29) is 12.4 Å². The van der Waals surface area contributed by atoms with E-state index in [4.69, 9.17) is 0 Å². The van der Waals surface area contributed by atoms with Gasteiger partial charge in [0, 0.05) is 22.3 Å². The van der Waals surface area contributed by atoms with Gasteiger partial charge in [-0.05, 0) is 79.2 Å². The summed E-state index contributed by atoms with van der Waals surface area (Å²) in [5.74, 6) is 0.295. The average molecular weight is 397 g/mol. The number of carbonyl (C=O) groups excluding carboxylic acids is 1. The molecule has 2 aromatic heterocycles. The summed E-state index contributed by atoms with van der Waals surface area (Å²) in [4.78, 5) is 17.7. The van der Waals surface area contributed by atoms with Crippen molar-refractivity contribution in [2.24, 2.45) is 5.41 Å². The molecule has 0 aromatic carbocycles. The van der Waals surface area contributed by atoms with E-state index in [2.05, 4.69) is 46.1 Å². The molecule has 1 N–H and O–H groups in total. The summed E-state index contributed by atoms with van der Waals surface area (Å²) in [6.07, 6.45) is 4.16. The van der Waals surface area contributed by atoms with E-state index in [0.717, 1.165) is 19.6 Å². The third-order valence-electron chi connectivity index (χ3n) is 5.50. The van der Waals surface area contributed by atoms with Crippen LogP contribution in [-0.4, -0.2) is 29.9 Å². The molecule has 0 bridgehead atoms. The normalized spacial score (nSPS) is 20.9. The predicted molar refractivity (Wildman–Crippen MR) is 108 cm³/mol. The highest BCUT2D eigenvalue weighted by molar-refractivity contribution is 7.12. The second-order valence-electron chi connectivity index (χ2n) is 7.17. The number of rotatable bonds is 5. The largest absolute Gasteiger partial charge is 0.334 e. The fourth-order valence-corrected chi connectivity index (χ4v) is 5.55. The molecule has 2 aromatic rings. The molecule has 6 heteroatoms. The van der Waals surface area contributed by atoms with Gasteiger partial charge in [0.25, 0.3) is 0 Å². The Labute approximate surface area is 163 Å². The molecule has 1 aliphatic carbocycles. The van der Waals surface area contributed by atoms with Crippen LogP contribution in [0.15, 0.2) is 29.0 Å². The Bertz CT molecular complexity index is 707. The highest BCUT2D eigenvalue weighted by atomic mass is 35.5. The second-order valence-corrected chi connectivity index (χ2v) is 9.33. The average Bonchev–Trinajstić information content (AvgIpc) is 2.96. The lowest BCUT2D eigenvalue weighted by Crippen LogP contribution is -2.39. The summed E-state index contributed by atoms with van der Waals surface area (Å²) in [7, 11) is 0. The lowest BCUT2D eigenvalue weighted by molar-refractivity contribution is -0.132. The van der Waals surface area contributed by atoms with Gasteiger partial charge in [-0.1, -0.05) is 0 Å². The Hall–Kier alpha value is -0.880. The molecular formula is C19H25ClN2OS2. The predicted octanol–water partition coefficient (Wildman–Crippen LogP) is 4.25. The van der Waals surface area contributed by atoms with Crippen LogP contribution in [0.5, 0.6) is 0 Å². The van der Waals surface area contributed by atoms with Gasteiger partial charge in [0.1, 0.15) is 0 Å². The minimum atomic E-state index is 0. The molecule has 1 saturated carbocycles. The number of nitrogens with one attached hydrogen (secondary N) is 1. The minimum Gasteiger partial charge on any atom is -0.334 e. The first-order valence-electron chi connectivity index (χ1n) is 8.73. The Balaban J connectivity index is 0.00000182. The first-order chi connectivity index (χ1) is 11.7. The Morgan fingerprint density at radius 1 is 1.32 bits per heavy atom. The van der Waals surface area contributed by atoms with E-state index in [0.29, 0.717) is 23.8 Å².